The molecule has 0 radical (unpaired) electrons. The van der Waals surface area contributed by atoms with E-state index in [-0.39, 0.29) is 23.3 Å². The van der Waals surface area contributed by atoms with Gasteiger partial charge in [-0.05, 0) is 31.6 Å². The van der Waals surface area contributed by atoms with E-state index in [1.807, 2.05) is 11.0 Å². The molecule has 1 aliphatic heterocycles. The summed E-state index contributed by atoms with van der Waals surface area (Å²) in [5.74, 6) is 1.97. The van der Waals surface area contributed by atoms with Crippen molar-refractivity contribution >= 4 is 42.1 Å². The fourth-order valence-corrected chi connectivity index (χ4v) is 4.56. The first-order valence-electron chi connectivity index (χ1n) is 11.7. The van der Waals surface area contributed by atoms with Crippen LogP contribution in [0.2, 0.25) is 0 Å². The second-order valence-electron chi connectivity index (χ2n) is 9.35. The van der Waals surface area contributed by atoms with Crippen molar-refractivity contribution in [3.05, 3.63) is 39.0 Å². The van der Waals surface area contributed by atoms with Gasteiger partial charge in [0.25, 0.3) is 5.56 Å². The Bertz CT molecular complexity index is 1440. The number of carbonyl (C=O) groups is 1. The maximum absolute atomic E-state index is 12.7. The SMILES string of the molecule is C=c1[nH]c(=O)/c(=C/c2cnn3c(NC4CC4)cc(N4CCN(C(=O)C5CC5C=N)CC4)nc23)[nH]1. The topological polar surface area (TPSA) is 138 Å². The number of fused-ring (bicyclic) bond motifs is 1. The number of aromatic nitrogens is 5. The number of rotatable bonds is 6. The molecule has 2 aliphatic carbocycles. The standard InChI is InChI=1S/C23H27N9O2/c1-13-26-18(22(33)27-13)9-15-12-25-32-20(28-16-2-3-16)10-19(29-21(15)32)30-4-6-31(7-5-30)23(34)17-8-14(17)11-24/h9-12,14,16-17,24,26,28H,1-8H2,(H,27,33)/b18-9-,24-11?. The highest BCUT2D eigenvalue weighted by atomic mass is 16.2. The summed E-state index contributed by atoms with van der Waals surface area (Å²) in [4.78, 5) is 39.4. The van der Waals surface area contributed by atoms with Crippen LogP contribution in [0.15, 0.2) is 17.1 Å². The van der Waals surface area contributed by atoms with Gasteiger partial charge >= 0.3 is 0 Å². The Morgan fingerprint density at radius 1 is 1.24 bits per heavy atom. The zero-order valence-electron chi connectivity index (χ0n) is 18.8. The fourth-order valence-electron chi connectivity index (χ4n) is 4.56. The van der Waals surface area contributed by atoms with Crippen LogP contribution in [-0.4, -0.2) is 73.8 Å². The number of hydrogen-bond acceptors (Lipinski definition) is 7. The molecule has 0 aromatic carbocycles. The number of imidazole rings is 1. The summed E-state index contributed by atoms with van der Waals surface area (Å²) in [5, 5.41) is 15.8. The van der Waals surface area contributed by atoms with Gasteiger partial charge in [-0.25, -0.2) is 4.98 Å². The fraction of sp³-hybridized carbons (Fsp3) is 0.435. The van der Waals surface area contributed by atoms with Gasteiger partial charge < -0.3 is 30.5 Å². The lowest BCUT2D eigenvalue weighted by molar-refractivity contribution is -0.133. The van der Waals surface area contributed by atoms with Crippen LogP contribution in [0.25, 0.3) is 18.3 Å². The summed E-state index contributed by atoms with van der Waals surface area (Å²) in [7, 11) is 0. The van der Waals surface area contributed by atoms with Crippen LogP contribution in [0.3, 0.4) is 0 Å². The Kier molecular flexibility index (Phi) is 4.78. The minimum absolute atomic E-state index is 0.00673. The van der Waals surface area contributed by atoms with Crippen molar-refractivity contribution in [2.75, 3.05) is 36.4 Å². The number of amides is 1. The lowest BCUT2D eigenvalue weighted by Crippen LogP contribution is -2.49. The van der Waals surface area contributed by atoms with Gasteiger partial charge in [0.05, 0.1) is 6.20 Å². The Labute approximate surface area is 194 Å². The van der Waals surface area contributed by atoms with Gasteiger partial charge in [0.1, 0.15) is 22.5 Å². The van der Waals surface area contributed by atoms with Crippen molar-refractivity contribution in [2.45, 2.75) is 25.3 Å². The molecule has 176 valence electrons. The van der Waals surface area contributed by atoms with Crippen molar-refractivity contribution < 1.29 is 4.79 Å². The van der Waals surface area contributed by atoms with Crippen LogP contribution >= 0.6 is 0 Å². The van der Waals surface area contributed by atoms with E-state index >= 15 is 0 Å². The molecule has 3 aliphatic rings. The second kappa shape index (κ2) is 7.86. The van der Waals surface area contributed by atoms with Gasteiger partial charge in [-0.15, -0.1) is 0 Å². The minimum Gasteiger partial charge on any atom is -0.367 e. The average Bonchev–Trinajstić information content (AvgIpc) is 3.75. The Balaban J connectivity index is 1.30. The maximum Gasteiger partial charge on any atom is 0.273 e. The average molecular weight is 462 g/mol. The zero-order chi connectivity index (χ0) is 23.4. The summed E-state index contributed by atoms with van der Waals surface area (Å²) in [6.45, 7) is 6.40. The van der Waals surface area contributed by atoms with E-state index in [9.17, 15) is 9.59 Å². The Morgan fingerprint density at radius 2 is 2.03 bits per heavy atom. The number of nitrogens with one attached hydrogen (secondary N) is 4. The van der Waals surface area contributed by atoms with E-state index in [2.05, 4.69) is 31.9 Å². The van der Waals surface area contributed by atoms with Gasteiger partial charge in [-0.2, -0.15) is 9.61 Å². The molecule has 4 heterocycles. The van der Waals surface area contributed by atoms with Crippen LogP contribution in [-0.2, 0) is 4.79 Å². The number of anilines is 2. The maximum atomic E-state index is 12.7. The molecule has 2 atom stereocenters. The van der Waals surface area contributed by atoms with Gasteiger partial charge in [-0.3, -0.25) is 9.59 Å². The molecule has 11 heteroatoms. The highest BCUT2D eigenvalue weighted by Gasteiger charge is 2.44. The molecule has 0 spiro atoms. The number of nitrogens with zero attached hydrogens (tertiary/aromatic N) is 5. The molecule has 3 aromatic rings. The molecule has 4 N–H and O–H groups in total. The van der Waals surface area contributed by atoms with E-state index < -0.39 is 0 Å². The summed E-state index contributed by atoms with van der Waals surface area (Å²) < 4.78 is 1.78. The highest BCUT2D eigenvalue weighted by molar-refractivity contribution is 5.86. The van der Waals surface area contributed by atoms with Crippen molar-refractivity contribution in [3.8, 4) is 0 Å². The minimum atomic E-state index is -0.237. The third-order valence-corrected chi connectivity index (χ3v) is 6.80. The first kappa shape index (κ1) is 20.7. The monoisotopic (exact) mass is 461 g/mol. The predicted octanol–water partition coefficient (Wildman–Crippen LogP) is -0.507. The second-order valence-corrected chi connectivity index (χ2v) is 9.35. The van der Waals surface area contributed by atoms with Crippen molar-refractivity contribution in [1.82, 2.24) is 29.5 Å². The molecule has 11 nitrogen and oxygen atoms in total. The smallest absolute Gasteiger partial charge is 0.273 e. The van der Waals surface area contributed by atoms with Crippen LogP contribution in [0, 0.1) is 17.2 Å². The molecular formula is C23H27N9O2. The van der Waals surface area contributed by atoms with Crippen molar-refractivity contribution in [3.63, 3.8) is 0 Å². The third kappa shape index (κ3) is 3.76. The number of H-pyrrole nitrogens is 2. The summed E-state index contributed by atoms with van der Waals surface area (Å²) in [5.41, 5.74) is 1.60. The molecule has 6 rings (SSSR count). The van der Waals surface area contributed by atoms with Gasteiger partial charge in [0, 0.05) is 55.7 Å². The summed E-state index contributed by atoms with van der Waals surface area (Å²) >= 11 is 0. The van der Waals surface area contributed by atoms with Crippen LogP contribution < -0.4 is 26.6 Å². The van der Waals surface area contributed by atoms with E-state index in [4.69, 9.17) is 10.4 Å². The Hall–Kier alpha value is -3.89. The third-order valence-electron chi connectivity index (χ3n) is 6.80. The molecule has 34 heavy (non-hydrogen) atoms. The number of piperazine rings is 1. The van der Waals surface area contributed by atoms with Gasteiger partial charge in [-0.1, -0.05) is 6.58 Å². The number of carbonyl (C=O) groups excluding carboxylic acids is 1. The molecule has 0 bridgehead atoms. The van der Waals surface area contributed by atoms with Crippen LogP contribution in [0.5, 0.6) is 0 Å². The van der Waals surface area contributed by atoms with E-state index in [0.29, 0.717) is 48.7 Å². The number of aromatic amines is 2. The zero-order valence-corrected chi connectivity index (χ0v) is 18.8. The van der Waals surface area contributed by atoms with Crippen LogP contribution in [0.4, 0.5) is 11.6 Å². The largest absolute Gasteiger partial charge is 0.367 e. The highest BCUT2D eigenvalue weighted by Crippen LogP contribution is 2.38. The summed E-state index contributed by atoms with van der Waals surface area (Å²) in [6.07, 6.45) is 7.89. The molecular weight excluding hydrogens is 434 g/mol. The Morgan fingerprint density at radius 3 is 2.68 bits per heavy atom. The molecule has 2 unspecified atom stereocenters. The molecule has 1 saturated heterocycles. The first-order valence-corrected chi connectivity index (χ1v) is 11.7. The molecule has 2 saturated carbocycles. The molecule has 1 amide bonds. The predicted molar refractivity (Wildman–Crippen MR) is 129 cm³/mol. The molecule has 3 fully saturated rings. The van der Waals surface area contributed by atoms with Crippen molar-refractivity contribution in [2.24, 2.45) is 11.8 Å². The molecule has 3 aromatic heterocycles. The van der Waals surface area contributed by atoms with E-state index in [1.165, 1.54) is 6.21 Å². The normalized spacial score (nSPS) is 22.9. The van der Waals surface area contributed by atoms with E-state index in [0.717, 1.165) is 36.5 Å². The summed E-state index contributed by atoms with van der Waals surface area (Å²) in [6, 6.07) is 2.45. The van der Waals surface area contributed by atoms with E-state index in [1.54, 1.807) is 16.8 Å². The lowest BCUT2D eigenvalue weighted by Gasteiger charge is -2.35. The lowest BCUT2D eigenvalue weighted by atomic mass is 10.2. The van der Waals surface area contributed by atoms with Gasteiger partial charge in [0.2, 0.25) is 5.91 Å². The number of hydrogen-bond donors (Lipinski definition) is 4. The van der Waals surface area contributed by atoms with Crippen molar-refractivity contribution in [1.29, 1.82) is 5.41 Å². The quantitative estimate of drug-likeness (QED) is 0.365. The van der Waals surface area contributed by atoms with Crippen LogP contribution in [0.1, 0.15) is 24.8 Å². The van der Waals surface area contributed by atoms with Gasteiger partial charge in [0.15, 0.2) is 5.65 Å². The first-order chi connectivity index (χ1) is 16.5.